The topological polar surface area (TPSA) is 59.4 Å². The summed E-state index contributed by atoms with van der Waals surface area (Å²) in [6.45, 7) is 0. The molecule has 5 heteroatoms. The first kappa shape index (κ1) is 13.1. The molecular formula is C16H10FNO3. The molecule has 0 saturated carbocycles. The molecule has 0 unspecified atom stereocenters. The number of carboxylic acids is 1. The van der Waals surface area contributed by atoms with Crippen LogP contribution in [-0.4, -0.2) is 16.1 Å². The molecule has 104 valence electrons. The summed E-state index contributed by atoms with van der Waals surface area (Å²) in [5, 5.41) is 9.94. The van der Waals surface area contributed by atoms with Crippen LogP contribution in [0.2, 0.25) is 0 Å². The largest absolute Gasteiger partial charge is 0.478 e. The van der Waals surface area contributed by atoms with Gasteiger partial charge in [-0.15, -0.1) is 0 Å². The van der Waals surface area contributed by atoms with Crippen LogP contribution < -0.4 is 4.74 Å². The van der Waals surface area contributed by atoms with Gasteiger partial charge in [-0.2, -0.15) is 0 Å². The number of hydrogen-bond acceptors (Lipinski definition) is 3. The zero-order valence-corrected chi connectivity index (χ0v) is 10.8. The van der Waals surface area contributed by atoms with Crippen LogP contribution in [0.15, 0.2) is 54.7 Å². The van der Waals surface area contributed by atoms with Crippen molar-refractivity contribution in [2.45, 2.75) is 0 Å². The summed E-state index contributed by atoms with van der Waals surface area (Å²) in [4.78, 5) is 15.4. The number of carboxylic acid groups (broad SMARTS) is 1. The van der Waals surface area contributed by atoms with E-state index in [1.807, 2.05) is 12.1 Å². The third-order valence-corrected chi connectivity index (χ3v) is 3.01. The number of halogens is 1. The Morgan fingerprint density at radius 3 is 2.67 bits per heavy atom. The molecule has 1 N–H and O–H groups in total. The predicted octanol–water partition coefficient (Wildman–Crippen LogP) is 3.86. The van der Waals surface area contributed by atoms with Gasteiger partial charge in [0.25, 0.3) is 0 Å². The van der Waals surface area contributed by atoms with E-state index in [4.69, 9.17) is 9.84 Å². The lowest BCUT2D eigenvalue weighted by Gasteiger charge is -2.11. The van der Waals surface area contributed by atoms with Crippen molar-refractivity contribution in [3.05, 3.63) is 66.1 Å². The highest BCUT2D eigenvalue weighted by Gasteiger charge is 2.17. The molecule has 3 aromatic rings. The van der Waals surface area contributed by atoms with Gasteiger partial charge < -0.3 is 9.84 Å². The van der Waals surface area contributed by atoms with E-state index in [0.717, 1.165) is 11.5 Å². The standard InChI is InChI=1S/C16H10FNO3/c17-12-7-2-6-11(16(19)20)15(12)21-13-8-1-4-10-5-3-9-18-14(10)13/h1-9H,(H,19,20). The quantitative estimate of drug-likeness (QED) is 0.792. The van der Waals surface area contributed by atoms with E-state index in [-0.39, 0.29) is 11.3 Å². The maximum absolute atomic E-state index is 13.9. The van der Waals surface area contributed by atoms with Gasteiger partial charge in [-0.1, -0.05) is 24.3 Å². The molecule has 0 saturated heterocycles. The first-order chi connectivity index (χ1) is 10.2. The minimum Gasteiger partial charge on any atom is -0.478 e. The number of fused-ring (bicyclic) bond motifs is 1. The second kappa shape index (κ2) is 5.20. The molecule has 0 aliphatic rings. The van der Waals surface area contributed by atoms with Crippen LogP contribution in [0.1, 0.15) is 10.4 Å². The molecule has 0 amide bonds. The molecule has 2 aromatic carbocycles. The van der Waals surface area contributed by atoms with Crippen molar-refractivity contribution in [3.63, 3.8) is 0 Å². The van der Waals surface area contributed by atoms with E-state index >= 15 is 0 Å². The average molecular weight is 283 g/mol. The van der Waals surface area contributed by atoms with Gasteiger partial charge in [-0.05, 0) is 24.3 Å². The second-order valence-electron chi connectivity index (χ2n) is 4.36. The Bertz CT molecular complexity index is 827. The Hall–Kier alpha value is -2.95. The second-order valence-corrected chi connectivity index (χ2v) is 4.36. The molecule has 0 aliphatic heterocycles. The van der Waals surface area contributed by atoms with Gasteiger partial charge in [0.15, 0.2) is 17.3 Å². The lowest BCUT2D eigenvalue weighted by atomic mass is 10.2. The van der Waals surface area contributed by atoms with Crippen molar-refractivity contribution in [3.8, 4) is 11.5 Å². The van der Waals surface area contributed by atoms with Crippen LogP contribution in [0.4, 0.5) is 4.39 Å². The predicted molar refractivity (Wildman–Crippen MR) is 75.2 cm³/mol. The number of aromatic nitrogens is 1. The van der Waals surface area contributed by atoms with Crippen LogP contribution >= 0.6 is 0 Å². The summed E-state index contributed by atoms with van der Waals surface area (Å²) in [6.07, 6.45) is 1.59. The number of carbonyl (C=O) groups is 1. The summed E-state index contributed by atoms with van der Waals surface area (Å²) >= 11 is 0. The molecule has 0 fully saturated rings. The summed E-state index contributed by atoms with van der Waals surface area (Å²) in [5.41, 5.74) is 0.308. The van der Waals surface area contributed by atoms with E-state index in [1.165, 1.54) is 12.1 Å². The molecule has 1 heterocycles. The normalized spacial score (nSPS) is 10.5. The molecule has 4 nitrogen and oxygen atoms in total. The van der Waals surface area contributed by atoms with E-state index in [2.05, 4.69) is 4.98 Å². The maximum atomic E-state index is 13.9. The first-order valence-corrected chi connectivity index (χ1v) is 6.20. The molecule has 0 bridgehead atoms. The van der Waals surface area contributed by atoms with Gasteiger partial charge in [-0.25, -0.2) is 9.18 Å². The lowest BCUT2D eigenvalue weighted by molar-refractivity contribution is 0.0693. The third-order valence-electron chi connectivity index (χ3n) is 3.01. The van der Waals surface area contributed by atoms with Crippen molar-refractivity contribution in [1.29, 1.82) is 0 Å². The summed E-state index contributed by atoms with van der Waals surface area (Å²) in [6, 6.07) is 12.6. The Morgan fingerprint density at radius 1 is 1.10 bits per heavy atom. The first-order valence-electron chi connectivity index (χ1n) is 6.20. The Balaban J connectivity index is 2.13. The summed E-state index contributed by atoms with van der Waals surface area (Å²) in [5.74, 6) is -2.00. The number of benzene rings is 2. The van der Waals surface area contributed by atoms with Gasteiger partial charge in [0, 0.05) is 11.6 Å². The Kier molecular flexibility index (Phi) is 3.23. The third kappa shape index (κ3) is 2.41. The fourth-order valence-corrected chi connectivity index (χ4v) is 2.05. The van der Waals surface area contributed by atoms with E-state index in [9.17, 15) is 9.18 Å². The van der Waals surface area contributed by atoms with Crippen LogP contribution in [0.5, 0.6) is 11.5 Å². The van der Waals surface area contributed by atoms with Gasteiger partial charge in [-0.3, -0.25) is 4.98 Å². The lowest BCUT2D eigenvalue weighted by Crippen LogP contribution is -2.02. The molecule has 0 radical (unpaired) electrons. The molecule has 1 aromatic heterocycles. The van der Waals surface area contributed by atoms with Crippen molar-refractivity contribution in [1.82, 2.24) is 4.98 Å². The fraction of sp³-hybridized carbons (Fsp3) is 0. The van der Waals surface area contributed by atoms with E-state index in [1.54, 1.807) is 24.4 Å². The number of ether oxygens (including phenoxy) is 1. The van der Waals surface area contributed by atoms with Gasteiger partial charge in [0.1, 0.15) is 11.1 Å². The Labute approximate surface area is 119 Å². The zero-order chi connectivity index (χ0) is 14.8. The summed E-state index contributed by atoms with van der Waals surface area (Å²) in [7, 11) is 0. The zero-order valence-electron chi connectivity index (χ0n) is 10.8. The smallest absolute Gasteiger partial charge is 0.339 e. The average Bonchev–Trinajstić information content (AvgIpc) is 2.49. The van der Waals surface area contributed by atoms with Gasteiger partial charge in [0.05, 0.1) is 0 Å². The number of rotatable bonds is 3. The number of aromatic carboxylic acids is 1. The molecule has 3 rings (SSSR count). The highest BCUT2D eigenvalue weighted by molar-refractivity contribution is 5.91. The summed E-state index contributed by atoms with van der Waals surface area (Å²) < 4.78 is 19.4. The number of para-hydroxylation sites is 2. The monoisotopic (exact) mass is 283 g/mol. The number of nitrogens with zero attached hydrogens (tertiary/aromatic N) is 1. The maximum Gasteiger partial charge on any atom is 0.339 e. The fourth-order valence-electron chi connectivity index (χ4n) is 2.05. The Morgan fingerprint density at radius 2 is 1.86 bits per heavy atom. The van der Waals surface area contributed by atoms with Gasteiger partial charge >= 0.3 is 5.97 Å². The molecule has 0 aliphatic carbocycles. The molecule has 0 atom stereocenters. The van der Waals surface area contributed by atoms with E-state index < -0.39 is 11.8 Å². The minimum absolute atomic E-state index is 0.233. The van der Waals surface area contributed by atoms with Crippen molar-refractivity contribution in [2.24, 2.45) is 0 Å². The highest BCUT2D eigenvalue weighted by atomic mass is 19.1. The van der Waals surface area contributed by atoms with E-state index in [0.29, 0.717) is 11.3 Å². The highest BCUT2D eigenvalue weighted by Crippen LogP contribution is 2.32. The van der Waals surface area contributed by atoms with Crippen LogP contribution in [0.25, 0.3) is 10.9 Å². The van der Waals surface area contributed by atoms with Gasteiger partial charge in [0.2, 0.25) is 0 Å². The number of hydrogen-bond donors (Lipinski definition) is 1. The van der Waals surface area contributed by atoms with Crippen LogP contribution in [0.3, 0.4) is 0 Å². The van der Waals surface area contributed by atoms with Crippen molar-refractivity contribution < 1.29 is 19.0 Å². The minimum atomic E-state index is -1.25. The van der Waals surface area contributed by atoms with Crippen LogP contribution in [0, 0.1) is 5.82 Å². The van der Waals surface area contributed by atoms with Crippen molar-refractivity contribution >= 4 is 16.9 Å². The van der Waals surface area contributed by atoms with Crippen LogP contribution in [-0.2, 0) is 0 Å². The molecule has 21 heavy (non-hydrogen) atoms. The van der Waals surface area contributed by atoms with Crippen molar-refractivity contribution in [2.75, 3.05) is 0 Å². The number of pyridine rings is 1. The molecular weight excluding hydrogens is 273 g/mol. The SMILES string of the molecule is O=C(O)c1cccc(F)c1Oc1cccc2cccnc12. The molecule has 0 spiro atoms.